The van der Waals surface area contributed by atoms with Crippen LogP contribution in [0.1, 0.15) is 0 Å². The van der Waals surface area contributed by atoms with Gasteiger partial charge in [-0.3, -0.25) is 0 Å². The molecule has 0 aromatic rings. The van der Waals surface area contributed by atoms with Crippen LogP contribution in [0.4, 0.5) is 0 Å². The summed E-state index contributed by atoms with van der Waals surface area (Å²) in [6, 6.07) is 0. The monoisotopic (exact) mass is 7080 g/mol. The summed E-state index contributed by atoms with van der Waals surface area (Å²) < 4.78 is 0. The fraction of sp³-hybridized carbons (Fsp3) is 0. The number of hydrogen-bond acceptors (Lipinski definition) is 0. The largest absolute Gasteiger partial charge is 0 e. The van der Waals surface area contributed by atoms with Crippen LogP contribution in [-0.2, 0) is 2580 Å². The van der Waals surface area contributed by atoms with E-state index in [1.54, 1.807) is 0 Å². The van der Waals surface area contributed by atoms with Crippen LogP contribution in [0.15, 0.2) is 0 Å². The van der Waals surface area contributed by atoms with E-state index in [0.717, 1.165) is 0 Å². The van der Waals surface area contributed by atoms with Gasteiger partial charge in [-0.1, -0.05) is 0 Å². The van der Waals surface area contributed by atoms with Gasteiger partial charge >= 0.3 is 0 Å². The molecule has 0 aliphatic rings. The summed E-state index contributed by atoms with van der Waals surface area (Å²) in [5.41, 5.74) is 0. The van der Waals surface area contributed by atoms with Gasteiger partial charge in [0.2, 0.25) is 0 Å². The molecule has 0 aromatic carbocycles. The molecule has 0 atom stereocenters. The van der Waals surface area contributed by atoms with Crippen molar-refractivity contribution in [1.29, 1.82) is 0 Å². The van der Waals surface area contributed by atoms with Crippen molar-refractivity contribution in [3.8, 4) is 0 Å². The summed E-state index contributed by atoms with van der Waals surface area (Å²) in [6.07, 6.45) is 0. The predicted molar refractivity (Wildman–Crippen MR) is 0 cm³/mol. The zero-order chi connectivity index (χ0) is 0. The van der Waals surface area contributed by atoms with Crippen LogP contribution in [0, 0.1) is 0 Å². The quantitative estimate of drug-likeness (QED) is 0.312. The summed E-state index contributed by atoms with van der Waals surface area (Å²) >= 11 is 0. The first kappa shape index (κ1) is 1600. The van der Waals surface area contributed by atoms with Gasteiger partial charge in [0, 0.05) is 2580 Å². The molecule has 0 fully saturated rings. The van der Waals surface area contributed by atoms with Gasteiger partial charge in [0.15, 0.2) is 0 Å². The van der Waals surface area contributed by atoms with Crippen LogP contribution in [0.25, 0.3) is 0 Å². The normalized spacial score (nSPS) is 0. The summed E-state index contributed by atoms with van der Waals surface area (Å²) in [6.45, 7) is 0. The summed E-state index contributed by atoms with van der Waals surface area (Å²) in [4.78, 5) is 0. The molecule has 0 aliphatic heterocycles. The average molecular weight is 7080 g/mol. The predicted octanol–water partition coefficient (Wildman–Crippen LogP) is -0.348. The van der Waals surface area contributed by atoms with E-state index in [1.165, 1.54) is 0 Å². The molecule has 0 unspecified atom stereocenters. The van der Waals surface area contributed by atoms with Crippen molar-refractivity contribution in [1.82, 2.24) is 0 Å². The molecule has 0 N–H and O–H groups in total. The first-order valence-electron chi connectivity index (χ1n) is 0. The van der Waals surface area contributed by atoms with Crippen LogP contribution in [0.3, 0.4) is 0 Å². The van der Waals surface area contributed by atoms with Crippen molar-refractivity contribution < 1.29 is 2580 Å². The smallest absolute Gasteiger partial charge is 0 e. The summed E-state index contributed by atoms with van der Waals surface area (Å²) in [7, 11) is 0. The Labute approximate surface area is 2500 Å². The summed E-state index contributed by atoms with van der Waals surface area (Å²) in [5.74, 6) is 0. The standard InChI is InChI=1S/139V. The van der Waals surface area contributed by atoms with Crippen LogP contribution in [0.2, 0.25) is 0 Å². The Morgan fingerprint density at radius 3 is 0.00719 bits per heavy atom. The molecule has 0 amide bonds. The second-order valence-corrected chi connectivity index (χ2v) is 0. The van der Waals surface area contributed by atoms with E-state index in [1.807, 2.05) is 0 Å². The first-order valence-corrected chi connectivity index (χ1v) is 0. The van der Waals surface area contributed by atoms with E-state index < -0.39 is 0 Å². The van der Waals surface area contributed by atoms with Crippen LogP contribution >= 0.6 is 0 Å². The minimum atomic E-state index is 0. The number of rotatable bonds is 0. The van der Waals surface area contributed by atoms with E-state index >= 15 is 0 Å². The molecule has 0 nitrogen and oxygen atoms in total. The van der Waals surface area contributed by atoms with Crippen molar-refractivity contribution >= 4 is 0 Å². The minimum absolute atomic E-state index is 0. The molecule has 0 saturated heterocycles. The third-order valence-electron chi connectivity index (χ3n) is 0. The molecule has 0 aliphatic carbocycles. The average Bonchev–Trinajstić information content (AvgIpc) is 0. The third-order valence-corrected chi connectivity index (χ3v) is 0. The van der Waals surface area contributed by atoms with Gasteiger partial charge in [-0.2, -0.15) is 0 Å². The molecule has 139 radical (unpaired) electrons. The molecule has 695 valence electrons. The first-order chi connectivity index (χ1) is 0. The van der Waals surface area contributed by atoms with Gasteiger partial charge in [-0.15, -0.1) is 0 Å². The van der Waals surface area contributed by atoms with Gasteiger partial charge < -0.3 is 0 Å². The Kier molecular flexibility index (Phi) is 18300. The second-order valence-electron chi connectivity index (χ2n) is 0. The van der Waals surface area contributed by atoms with Crippen molar-refractivity contribution in [3.05, 3.63) is 0 Å². The van der Waals surface area contributed by atoms with E-state index in [-0.39, 0.29) is 2580 Å². The van der Waals surface area contributed by atoms with Crippen LogP contribution in [0.5, 0.6) is 0 Å². The van der Waals surface area contributed by atoms with Crippen molar-refractivity contribution in [2.75, 3.05) is 0 Å². The Bertz CT molecular complexity index is 0. The van der Waals surface area contributed by atoms with Gasteiger partial charge in [0.05, 0.1) is 0 Å². The molecular weight excluding hydrogens is 7080 g/mol. The molecule has 0 rings (SSSR count). The molecule has 0 aromatic heterocycles. The number of hydrogen-bond donors (Lipinski definition) is 0. The van der Waals surface area contributed by atoms with Crippen molar-refractivity contribution in [2.24, 2.45) is 0 Å². The molecule has 0 saturated carbocycles. The topological polar surface area (TPSA) is 0 Å². The summed E-state index contributed by atoms with van der Waals surface area (Å²) in [5, 5.41) is 0. The van der Waals surface area contributed by atoms with Crippen molar-refractivity contribution in [3.63, 3.8) is 0 Å². The van der Waals surface area contributed by atoms with E-state index in [9.17, 15) is 0 Å². The molecule has 139 heavy (non-hydrogen) atoms. The molecule has 0 spiro atoms. The zero-order valence-electron chi connectivity index (χ0n) is 62.2. The second kappa shape index (κ2) is 1580. The third kappa shape index (κ3) is 1570. The van der Waals surface area contributed by atoms with Crippen molar-refractivity contribution in [2.45, 2.75) is 0 Å². The molecule has 0 heterocycles. The Hall–Kier alpha value is 81.2. The van der Waals surface area contributed by atoms with E-state index in [0.29, 0.717) is 0 Å². The minimum Gasteiger partial charge on any atom is 0 e. The maximum atomic E-state index is 0. The van der Waals surface area contributed by atoms with Crippen LogP contribution in [-0.4, -0.2) is 0 Å². The Morgan fingerprint density at radius 2 is 0.00719 bits per heavy atom. The molecular formula is V139. The maximum absolute atomic E-state index is 0. The Balaban J connectivity index is 0. The van der Waals surface area contributed by atoms with E-state index in [4.69, 9.17) is 0 Å². The SMILES string of the molecule is [V].[V].[V].[V].[V].[V].[V].[V].[V].[V].[V].[V].[V].[V].[V].[V].[V].[V].[V].[V].[V].[V].[V].[V].[V].[V].[V].[V].[V].[V].[V].[V].[V].[V].[V].[V].[V].[V].[V].[V].[V].[V].[V].[V].[V].[V].[V].[V].[V].[V].[V].[V].[V].[V].[V].[V].[V].[V].[V].[V].[V].[V].[V].[V].[V].[V].[V].[V].[V].[V].[V].[V].[V].[V].[V].[V].[V].[V].[V].[V].[V].[V].[V].[V].[V].[V].[V].[V].[V].[V].[V].[V].[V].[V].[V].[V].[V].[V].[V].[V].[V].[V].[V].[V].[V].[V].[V].[V].[V].[V].[V].[V].[V].[V].[V].[V].[V].[V].[V].[V].[V].[V].[V].[V].[V].[V].[V].[V].[V].[V].[V].[V].[V].[V].[V].[V].[V].[V].[V]. The van der Waals surface area contributed by atoms with Crippen LogP contribution < -0.4 is 0 Å². The van der Waals surface area contributed by atoms with Gasteiger partial charge in [-0.25, -0.2) is 0 Å². The van der Waals surface area contributed by atoms with Gasteiger partial charge in [-0.05, 0) is 0 Å². The fourth-order valence-corrected chi connectivity index (χ4v) is 0. The molecule has 139 heteroatoms. The fourth-order valence-electron chi connectivity index (χ4n) is 0. The molecule has 0 bridgehead atoms. The van der Waals surface area contributed by atoms with Gasteiger partial charge in [0.1, 0.15) is 0 Å². The van der Waals surface area contributed by atoms with Gasteiger partial charge in [0.25, 0.3) is 0 Å². The zero-order valence-corrected chi connectivity index (χ0v) is 256. The maximum Gasteiger partial charge on any atom is 0 e. The van der Waals surface area contributed by atoms with E-state index in [2.05, 4.69) is 0 Å². The Morgan fingerprint density at radius 1 is 0.00719 bits per heavy atom.